The molecule has 6 heteroatoms. The van der Waals surface area contributed by atoms with Crippen molar-refractivity contribution in [2.45, 2.75) is 0 Å². The monoisotopic (exact) mass is 521 g/mol. The van der Waals surface area contributed by atoms with Crippen LogP contribution in [0.2, 0.25) is 0 Å². The molecular weight excluding hydrogens is 506 g/mol. The molecule has 7 rings (SSSR count). The molecular formula is C35H15N5O. The molecule has 0 atom stereocenters. The number of nitriles is 4. The summed E-state index contributed by atoms with van der Waals surface area (Å²) in [6.45, 7) is 0. The van der Waals surface area contributed by atoms with Gasteiger partial charge in [-0.3, -0.25) is 4.79 Å². The number of carbonyl (C=O) groups excluding carboxylic acids is 1. The Morgan fingerprint density at radius 1 is 0.512 bits per heavy atom. The van der Waals surface area contributed by atoms with Gasteiger partial charge in [0.25, 0.3) is 0 Å². The van der Waals surface area contributed by atoms with Crippen LogP contribution in [0.15, 0.2) is 91.0 Å². The van der Waals surface area contributed by atoms with Crippen molar-refractivity contribution in [1.82, 2.24) is 4.57 Å². The van der Waals surface area contributed by atoms with Crippen molar-refractivity contribution in [1.29, 1.82) is 21.0 Å². The predicted molar refractivity (Wildman–Crippen MR) is 154 cm³/mol. The van der Waals surface area contributed by atoms with E-state index in [4.69, 9.17) is 0 Å². The van der Waals surface area contributed by atoms with Gasteiger partial charge in [-0.25, -0.2) is 0 Å². The standard InChI is InChI=1S/C35H15N5O/c36-16-20-15-21(17-37)28(19-39)32(27(20)18-38)26-11-5-9-24-25-10-6-14-31(34(25)35(41)33(24)26)40-29-12-3-1-7-22(29)23-8-2-4-13-30(23)40/h1-15H. The third-order valence-corrected chi connectivity index (χ3v) is 7.73. The number of para-hydroxylation sites is 2. The molecule has 0 saturated heterocycles. The molecule has 0 radical (unpaired) electrons. The summed E-state index contributed by atoms with van der Waals surface area (Å²) in [5, 5.41) is 41.7. The van der Waals surface area contributed by atoms with E-state index in [1.54, 1.807) is 12.1 Å². The topological polar surface area (TPSA) is 117 Å². The first-order valence-corrected chi connectivity index (χ1v) is 12.7. The fourth-order valence-corrected chi connectivity index (χ4v) is 6.09. The molecule has 0 bridgehead atoms. The van der Waals surface area contributed by atoms with Gasteiger partial charge in [0.05, 0.1) is 44.5 Å². The van der Waals surface area contributed by atoms with Crippen molar-refractivity contribution in [3.63, 3.8) is 0 Å². The van der Waals surface area contributed by atoms with Crippen LogP contribution in [0.4, 0.5) is 0 Å². The normalized spacial score (nSPS) is 11.4. The second-order valence-corrected chi connectivity index (χ2v) is 9.67. The van der Waals surface area contributed by atoms with Crippen LogP contribution in [0.1, 0.15) is 38.2 Å². The third-order valence-electron chi connectivity index (χ3n) is 7.73. The van der Waals surface area contributed by atoms with Gasteiger partial charge in [-0.15, -0.1) is 0 Å². The molecule has 1 aromatic heterocycles. The summed E-state index contributed by atoms with van der Waals surface area (Å²) in [5.41, 5.74) is 5.24. The molecule has 186 valence electrons. The molecule has 0 fully saturated rings. The minimum absolute atomic E-state index is 0.0235. The molecule has 6 nitrogen and oxygen atoms in total. The fraction of sp³-hybridized carbons (Fsp3) is 0. The first-order valence-electron chi connectivity index (χ1n) is 12.7. The minimum atomic E-state index is -0.253. The second kappa shape index (κ2) is 8.79. The number of benzene rings is 5. The van der Waals surface area contributed by atoms with Gasteiger partial charge in [0, 0.05) is 21.9 Å². The lowest BCUT2D eigenvalue weighted by Gasteiger charge is -2.14. The van der Waals surface area contributed by atoms with Crippen LogP contribution in [-0.2, 0) is 0 Å². The summed E-state index contributed by atoms with van der Waals surface area (Å²) in [6, 6.07) is 36.4. The van der Waals surface area contributed by atoms with E-state index < -0.39 is 0 Å². The predicted octanol–water partition coefficient (Wildman–Crippen LogP) is 7.15. The minimum Gasteiger partial charge on any atom is -0.308 e. The fourth-order valence-electron chi connectivity index (χ4n) is 6.09. The smallest absolute Gasteiger partial charge is 0.197 e. The van der Waals surface area contributed by atoms with E-state index in [-0.39, 0.29) is 33.6 Å². The van der Waals surface area contributed by atoms with Crippen LogP contribution in [0.25, 0.3) is 49.7 Å². The van der Waals surface area contributed by atoms with Crippen LogP contribution in [0.5, 0.6) is 0 Å². The summed E-state index contributed by atoms with van der Waals surface area (Å²) in [7, 11) is 0. The molecule has 0 unspecified atom stereocenters. The van der Waals surface area contributed by atoms with Crippen molar-refractivity contribution in [3.8, 4) is 52.2 Å². The molecule has 41 heavy (non-hydrogen) atoms. The first-order chi connectivity index (χ1) is 20.1. The molecule has 0 N–H and O–H groups in total. The van der Waals surface area contributed by atoms with Crippen LogP contribution in [-0.4, -0.2) is 10.4 Å². The van der Waals surface area contributed by atoms with Crippen molar-refractivity contribution >= 4 is 27.6 Å². The van der Waals surface area contributed by atoms with Gasteiger partial charge in [-0.1, -0.05) is 66.7 Å². The Hall–Kier alpha value is -6.47. The van der Waals surface area contributed by atoms with Crippen molar-refractivity contribution < 1.29 is 4.79 Å². The third kappa shape index (κ3) is 3.11. The summed E-state index contributed by atoms with van der Waals surface area (Å²) >= 11 is 0. The second-order valence-electron chi connectivity index (χ2n) is 9.67. The average molecular weight is 522 g/mol. The Morgan fingerprint density at radius 3 is 1.59 bits per heavy atom. The largest absolute Gasteiger partial charge is 0.308 e. The number of nitrogens with zero attached hydrogens (tertiary/aromatic N) is 5. The zero-order valence-corrected chi connectivity index (χ0v) is 21.3. The van der Waals surface area contributed by atoms with E-state index in [9.17, 15) is 25.8 Å². The number of aromatic nitrogens is 1. The van der Waals surface area contributed by atoms with E-state index in [0.717, 1.165) is 33.1 Å². The number of carbonyl (C=O) groups is 1. The lowest BCUT2D eigenvalue weighted by atomic mass is 9.85. The van der Waals surface area contributed by atoms with Crippen molar-refractivity contribution in [2.24, 2.45) is 0 Å². The molecule has 0 amide bonds. The van der Waals surface area contributed by atoms with Crippen LogP contribution >= 0.6 is 0 Å². The van der Waals surface area contributed by atoms with Crippen LogP contribution in [0, 0.1) is 45.3 Å². The first kappa shape index (κ1) is 23.6. The Morgan fingerprint density at radius 2 is 1.02 bits per heavy atom. The molecule has 0 aliphatic heterocycles. The number of rotatable bonds is 2. The zero-order chi connectivity index (χ0) is 28.2. The maximum atomic E-state index is 14.5. The van der Waals surface area contributed by atoms with Gasteiger partial charge in [-0.05, 0) is 41.0 Å². The lowest BCUT2D eigenvalue weighted by molar-refractivity contribution is 0.104. The lowest BCUT2D eigenvalue weighted by Crippen LogP contribution is -2.06. The van der Waals surface area contributed by atoms with Gasteiger partial charge in [0.2, 0.25) is 0 Å². The van der Waals surface area contributed by atoms with Gasteiger partial charge in [0.1, 0.15) is 24.3 Å². The highest BCUT2D eigenvalue weighted by molar-refractivity contribution is 6.27. The summed E-state index contributed by atoms with van der Waals surface area (Å²) in [5.74, 6) is -0.253. The number of hydrogen-bond acceptors (Lipinski definition) is 5. The maximum absolute atomic E-state index is 14.5. The van der Waals surface area contributed by atoms with Gasteiger partial charge in [-0.2, -0.15) is 21.0 Å². The van der Waals surface area contributed by atoms with Crippen LogP contribution in [0.3, 0.4) is 0 Å². The molecule has 0 saturated carbocycles. The van der Waals surface area contributed by atoms with Crippen molar-refractivity contribution in [3.05, 3.63) is 124 Å². The Bertz CT molecular complexity index is 2230. The van der Waals surface area contributed by atoms with E-state index >= 15 is 0 Å². The van der Waals surface area contributed by atoms with Crippen LogP contribution < -0.4 is 0 Å². The Labute approximate surface area is 234 Å². The van der Waals surface area contributed by atoms with Gasteiger partial charge < -0.3 is 4.57 Å². The van der Waals surface area contributed by atoms with E-state index in [1.807, 2.05) is 84.9 Å². The van der Waals surface area contributed by atoms with E-state index in [1.165, 1.54) is 6.07 Å². The molecule has 1 aliphatic rings. The zero-order valence-electron chi connectivity index (χ0n) is 21.3. The Balaban J connectivity index is 1.56. The molecule has 5 aromatic carbocycles. The maximum Gasteiger partial charge on any atom is 0.197 e. The molecule has 6 aromatic rings. The molecule has 1 aliphatic carbocycles. The highest BCUT2D eigenvalue weighted by atomic mass is 16.1. The quantitative estimate of drug-likeness (QED) is 0.239. The van der Waals surface area contributed by atoms with Gasteiger partial charge in [0.15, 0.2) is 5.78 Å². The number of ketones is 1. The summed E-state index contributed by atoms with van der Waals surface area (Å²) < 4.78 is 2.10. The number of hydrogen-bond donors (Lipinski definition) is 0. The SMILES string of the molecule is N#Cc1cc(C#N)c(C#N)c(-c2cccc3c2C(=O)c2c-3cccc2-n2c3ccccc3c3ccccc32)c1C#N. The van der Waals surface area contributed by atoms with E-state index in [0.29, 0.717) is 22.3 Å². The molecule has 0 spiro atoms. The average Bonchev–Trinajstić information content (AvgIpc) is 3.52. The van der Waals surface area contributed by atoms with Gasteiger partial charge >= 0.3 is 0 Å². The highest BCUT2D eigenvalue weighted by Gasteiger charge is 2.34. The van der Waals surface area contributed by atoms with Crippen molar-refractivity contribution in [2.75, 3.05) is 0 Å². The summed E-state index contributed by atoms with van der Waals surface area (Å²) in [4.78, 5) is 14.5. The number of fused-ring (bicyclic) bond motifs is 6. The highest BCUT2D eigenvalue weighted by Crippen LogP contribution is 2.46. The summed E-state index contributed by atoms with van der Waals surface area (Å²) in [6.07, 6.45) is 0. The Kier molecular flexibility index (Phi) is 5.07. The molecule has 1 heterocycles. The van der Waals surface area contributed by atoms with E-state index in [2.05, 4.69) is 16.7 Å².